The van der Waals surface area contributed by atoms with Crippen LogP contribution in [-0.4, -0.2) is 66.8 Å². The SMILES string of the molecule is CC(C)(C)O.CO.CSN1Cc2ccc(-c3ccc(N4CCOCC4)nc3)cc2-c2c(C)c(-c3ccc(C)cc3)c(CC=O)c(C)c21. The number of aldehydes is 1. The van der Waals surface area contributed by atoms with Crippen LogP contribution in [0.4, 0.5) is 11.5 Å². The molecule has 4 aromatic rings. The first-order chi connectivity index (χ1) is 22.5. The minimum absolute atomic E-state index is 0.402. The highest BCUT2D eigenvalue weighted by molar-refractivity contribution is 7.99. The van der Waals surface area contributed by atoms with E-state index in [1.807, 2.05) is 6.20 Å². The third-order valence-electron chi connectivity index (χ3n) is 8.30. The number of carbonyl (C=O) groups excluding carboxylic acids is 1. The molecule has 0 unspecified atom stereocenters. The smallest absolute Gasteiger partial charge is 0.128 e. The van der Waals surface area contributed by atoms with Gasteiger partial charge in [0, 0.05) is 50.2 Å². The van der Waals surface area contributed by atoms with Gasteiger partial charge in [-0.1, -0.05) is 53.9 Å². The second-order valence-corrected chi connectivity index (χ2v) is 13.6. The van der Waals surface area contributed by atoms with Gasteiger partial charge in [0.05, 0.1) is 31.0 Å². The molecule has 1 saturated heterocycles. The number of nitrogens with zero attached hydrogens (tertiary/aromatic N) is 3. The van der Waals surface area contributed by atoms with Gasteiger partial charge in [-0.15, -0.1) is 0 Å². The summed E-state index contributed by atoms with van der Waals surface area (Å²) >= 11 is 1.74. The Balaban J connectivity index is 0.000000655. The number of hydrogen-bond donors (Lipinski definition) is 2. The van der Waals surface area contributed by atoms with Gasteiger partial charge in [0.2, 0.25) is 0 Å². The second-order valence-electron chi connectivity index (χ2n) is 12.8. The molecule has 0 radical (unpaired) electrons. The molecule has 0 aliphatic carbocycles. The van der Waals surface area contributed by atoms with Crippen LogP contribution in [-0.2, 0) is 22.5 Å². The van der Waals surface area contributed by atoms with Crippen LogP contribution in [0.5, 0.6) is 0 Å². The van der Waals surface area contributed by atoms with E-state index in [0.29, 0.717) is 6.42 Å². The minimum atomic E-state index is -0.500. The first kappa shape index (κ1) is 36.2. The average Bonchev–Trinajstić information content (AvgIpc) is 3.07. The van der Waals surface area contributed by atoms with Crippen LogP contribution in [0.1, 0.15) is 48.6 Å². The first-order valence-electron chi connectivity index (χ1n) is 16.1. The fourth-order valence-corrected chi connectivity index (χ4v) is 6.87. The van der Waals surface area contributed by atoms with E-state index < -0.39 is 5.60 Å². The Hall–Kier alpha value is -3.69. The number of hydrogen-bond acceptors (Lipinski definition) is 8. The molecule has 1 fully saturated rings. The monoisotopic (exact) mass is 655 g/mol. The number of aryl methyl sites for hydroxylation is 1. The molecule has 2 aliphatic rings. The molecule has 0 amide bonds. The van der Waals surface area contributed by atoms with Crippen molar-refractivity contribution in [2.45, 2.75) is 60.1 Å². The topological polar surface area (TPSA) is 86.1 Å². The van der Waals surface area contributed by atoms with Crippen molar-refractivity contribution in [3.05, 3.63) is 88.6 Å². The van der Waals surface area contributed by atoms with Crippen LogP contribution in [0.2, 0.25) is 0 Å². The highest BCUT2D eigenvalue weighted by Crippen LogP contribution is 2.50. The van der Waals surface area contributed by atoms with Crippen LogP contribution in [0.25, 0.3) is 33.4 Å². The number of fused-ring (bicyclic) bond motifs is 3. The number of anilines is 2. The normalized spacial score (nSPS) is 13.8. The van der Waals surface area contributed by atoms with Gasteiger partial charge >= 0.3 is 0 Å². The summed E-state index contributed by atoms with van der Waals surface area (Å²) in [4.78, 5) is 19.0. The molecule has 6 rings (SSSR count). The molecule has 0 atom stereocenters. The van der Waals surface area contributed by atoms with E-state index in [0.717, 1.165) is 74.3 Å². The van der Waals surface area contributed by atoms with Crippen molar-refractivity contribution in [1.82, 2.24) is 4.98 Å². The number of benzene rings is 3. The molecule has 3 aromatic carbocycles. The summed E-state index contributed by atoms with van der Waals surface area (Å²) in [6.07, 6.45) is 5.57. The molecule has 0 spiro atoms. The number of rotatable bonds is 6. The zero-order chi connectivity index (χ0) is 34.3. The fourth-order valence-electron chi connectivity index (χ4n) is 6.19. The summed E-state index contributed by atoms with van der Waals surface area (Å²) in [7, 11) is 1.00. The van der Waals surface area contributed by atoms with E-state index in [4.69, 9.17) is 19.9 Å². The first-order valence-corrected chi connectivity index (χ1v) is 17.3. The van der Waals surface area contributed by atoms with E-state index in [1.165, 1.54) is 44.6 Å². The van der Waals surface area contributed by atoms with Gasteiger partial charge in [-0.3, -0.25) is 0 Å². The molecular formula is C39H49N3O4S. The molecule has 7 nitrogen and oxygen atoms in total. The molecular weight excluding hydrogens is 607 g/mol. The van der Waals surface area contributed by atoms with Crippen LogP contribution < -0.4 is 9.21 Å². The molecule has 3 heterocycles. The van der Waals surface area contributed by atoms with Crippen LogP contribution >= 0.6 is 11.9 Å². The number of carbonyl (C=O) groups is 1. The third kappa shape index (κ3) is 8.43. The molecule has 47 heavy (non-hydrogen) atoms. The van der Waals surface area contributed by atoms with E-state index in [-0.39, 0.29) is 0 Å². The lowest BCUT2D eigenvalue weighted by Gasteiger charge is -2.36. The van der Waals surface area contributed by atoms with Gasteiger partial charge < -0.3 is 28.9 Å². The van der Waals surface area contributed by atoms with Crippen molar-refractivity contribution in [3.8, 4) is 33.4 Å². The maximum atomic E-state index is 11.9. The summed E-state index contributed by atoms with van der Waals surface area (Å²) in [5, 5.41) is 15.5. The highest BCUT2D eigenvalue weighted by Gasteiger charge is 2.30. The Morgan fingerprint density at radius 3 is 2.09 bits per heavy atom. The number of aliphatic hydroxyl groups excluding tert-OH is 1. The van der Waals surface area contributed by atoms with E-state index in [1.54, 1.807) is 32.7 Å². The molecule has 8 heteroatoms. The predicted molar refractivity (Wildman–Crippen MR) is 197 cm³/mol. The Kier molecular flexibility index (Phi) is 12.3. The van der Waals surface area contributed by atoms with Crippen molar-refractivity contribution >= 4 is 29.7 Å². The summed E-state index contributed by atoms with van der Waals surface area (Å²) in [6.45, 7) is 15.8. The van der Waals surface area contributed by atoms with Crippen molar-refractivity contribution in [3.63, 3.8) is 0 Å². The molecule has 250 valence electrons. The number of aromatic nitrogens is 1. The summed E-state index contributed by atoms with van der Waals surface area (Å²) in [5.74, 6) is 1.00. The Morgan fingerprint density at radius 1 is 0.894 bits per heavy atom. The zero-order valence-electron chi connectivity index (χ0n) is 29.1. The summed E-state index contributed by atoms with van der Waals surface area (Å²) < 4.78 is 7.88. The Bertz CT molecular complexity index is 1650. The zero-order valence-corrected chi connectivity index (χ0v) is 29.9. The van der Waals surface area contributed by atoms with Gasteiger partial charge in [0.15, 0.2) is 0 Å². The van der Waals surface area contributed by atoms with Crippen LogP contribution in [0.3, 0.4) is 0 Å². The van der Waals surface area contributed by atoms with Gasteiger partial charge in [-0.25, -0.2) is 4.98 Å². The number of pyridine rings is 1. The lowest BCUT2D eigenvalue weighted by atomic mass is 9.80. The molecule has 2 N–H and O–H groups in total. The highest BCUT2D eigenvalue weighted by atomic mass is 32.2. The van der Waals surface area contributed by atoms with Crippen LogP contribution in [0, 0.1) is 20.8 Å². The number of morpholine rings is 1. The van der Waals surface area contributed by atoms with E-state index in [2.05, 4.69) is 90.8 Å². The molecule has 0 bridgehead atoms. The van der Waals surface area contributed by atoms with Crippen molar-refractivity contribution in [2.75, 3.05) is 48.9 Å². The Morgan fingerprint density at radius 2 is 1.51 bits per heavy atom. The summed E-state index contributed by atoms with van der Waals surface area (Å²) in [6, 6.07) is 19.8. The van der Waals surface area contributed by atoms with Crippen LogP contribution in [0.15, 0.2) is 60.8 Å². The van der Waals surface area contributed by atoms with Gasteiger partial charge in [-0.05, 0) is 104 Å². The lowest BCUT2D eigenvalue weighted by molar-refractivity contribution is -0.107. The van der Waals surface area contributed by atoms with Gasteiger partial charge in [0.25, 0.3) is 0 Å². The molecule has 0 saturated carbocycles. The van der Waals surface area contributed by atoms with Gasteiger partial charge in [-0.2, -0.15) is 0 Å². The average molecular weight is 656 g/mol. The summed E-state index contributed by atoms with van der Waals surface area (Å²) in [5.41, 5.74) is 13.9. The predicted octanol–water partition coefficient (Wildman–Crippen LogP) is 7.57. The van der Waals surface area contributed by atoms with E-state index in [9.17, 15) is 4.79 Å². The largest absolute Gasteiger partial charge is 0.400 e. The molecule has 2 aliphatic heterocycles. The lowest BCUT2D eigenvalue weighted by Crippen LogP contribution is -2.36. The second kappa shape index (κ2) is 15.9. The van der Waals surface area contributed by atoms with Gasteiger partial charge in [0.1, 0.15) is 12.1 Å². The third-order valence-corrected chi connectivity index (χ3v) is 9.06. The Labute approximate surface area is 284 Å². The number of ether oxygens (including phenoxy) is 1. The minimum Gasteiger partial charge on any atom is -0.400 e. The number of aliphatic hydroxyl groups is 2. The fraction of sp³-hybridized carbons (Fsp3) is 0.385. The van der Waals surface area contributed by atoms with E-state index >= 15 is 0 Å². The maximum Gasteiger partial charge on any atom is 0.128 e. The molecule has 1 aromatic heterocycles. The van der Waals surface area contributed by atoms with Crippen molar-refractivity contribution < 1.29 is 19.7 Å². The standard InChI is InChI=1S/C34H35N3O2S.C4H10O.CH4O/c1-22-5-7-25(8-6-22)32-24(3)33-30-19-26(27-11-12-31(35-20-27)36-14-17-39-18-15-36)9-10-28(30)21-37(40-4)34(33)23(2)29(32)13-16-38;1-4(2,3)5;1-2/h5-12,16,19-20H,13-15,17-18,21H2,1-4H3;5H,1-3H3;2H,1H3. The quantitative estimate of drug-likeness (QED) is 0.163. The van der Waals surface area contributed by atoms with Crippen molar-refractivity contribution in [1.29, 1.82) is 0 Å². The maximum absolute atomic E-state index is 11.9. The van der Waals surface area contributed by atoms with Crippen molar-refractivity contribution in [2.24, 2.45) is 0 Å².